The molecule has 1 fully saturated rings. The Balaban J connectivity index is 2.35. The van der Waals surface area contributed by atoms with Gasteiger partial charge in [0, 0.05) is 19.2 Å². The molecular formula is C14H29NO. The molecule has 0 aromatic rings. The lowest BCUT2D eigenvalue weighted by Crippen LogP contribution is -2.45. The average Bonchev–Trinajstić information content (AvgIpc) is 2.21. The van der Waals surface area contributed by atoms with Crippen LogP contribution < -0.4 is 5.32 Å². The molecule has 1 saturated carbocycles. The molecule has 0 aromatic heterocycles. The molecule has 0 saturated heterocycles. The molecule has 1 aliphatic carbocycles. The van der Waals surface area contributed by atoms with E-state index in [2.05, 4.69) is 33.0 Å². The minimum absolute atomic E-state index is 0.00960. The van der Waals surface area contributed by atoms with Crippen LogP contribution in [-0.4, -0.2) is 24.8 Å². The molecule has 0 bridgehead atoms. The Kier molecular flexibility index (Phi) is 5.26. The van der Waals surface area contributed by atoms with E-state index in [0.717, 1.165) is 18.4 Å². The van der Waals surface area contributed by atoms with Crippen LogP contribution in [0.1, 0.15) is 59.8 Å². The van der Waals surface area contributed by atoms with Gasteiger partial charge in [0.05, 0.1) is 5.60 Å². The van der Waals surface area contributed by atoms with Gasteiger partial charge >= 0.3 is 0 Å². The molecule has 0 aromatic carbocycles. The van der Waals surface area contributed by atoms with E-state index in [1.165, 1.54) is 25.7 Å². The van der Waals surface area contributed by atoms with Gasteiger partial charge < -0.3 is 10.1 Å². The number of hydrogen-bond donors (Lipinski definition) is 1. The topological polar surface area (TPSA) is 21.3 Å². The van der Waals surface area contributed by atoms with Crippen molar-refractivity contribution in [2.75, 3.05) is 7.11 Å². The van der Waals surface area contributed by atoms with Crippen LogP contribution in [0.25, 0.3) is 0 Å². The molecule has 0 spiro atoms. The van der Waals surface area contributed by atoms with Crippen molar-refractivity contribution in [1.29, 1.82) is 0 Å². The summed E-state index contributed by atoms with van der Waals surface area (Å²) in [5.74, 6) is 0.835. The molecule has 0 heterocycles. The number of nitrogens with one attached hydrogen (secondary N) is 1. The predicted molar refractivity (Wildman–Crippen MR) is 69.7 cm³/mol. The van der Waals surface area contributed by atoms with Crippen molar-refractivity contribution in [3.05, 3.63) is 0 Å². The lowest BCUT2D eigenvalue weighted by Gasteiger charge is -2.34. The first-order valence-corrected chi connectivity index (χ1v) is 6.76. The quantitative estimate of drug-likeness (QED) is 0.777. The molecule has 3 unspecified atom stereocenters. The summed E-state index contributed by atoms with van der Waals surface area (Å²) in [6.45, 7) is 8.98. The molecule has 3 atom stereocenters. The second kappa shape index (κ2) is 6.02. The lowest BCUT2D eigenvalue weighted by molar-refractivity contribution is 0.00660. The zero-order valence-corrected chi connectivity index (χ0v) is 11.7. The maximum absolute atomic E-state index is 5.48. The number of ether oxygens (including phenoxy) is 1. The first-order valence-electron chi connectivity index (χ1n) is 6.76. The molecule has 2 nitrogen and oxygen atoms in total. The molecule has 2 heteroatoms. The molecule has 1 N–H and O–H groups in total. The standard InChI is InChI=1S/C14H29NO/c1-11-8-6-7-9-13(11)15-12(2)10-14(3,4)16-5/h11-13,15H,6-10H2,1-5H3. The van der Waals surface area contributed by atoms with E-state index in [9.17, 15) is 0 Å². The number of hydrogen-bond acceptors (Lipinski definition) is 2. The fourth-order valence-electron chi connectivity index (χ4n) is 2.81. The lowest BCUT2D eigenvalue weighted by atomic mass is 9.85. The Labute approximate surface area is 101 Å². The number of methoxy groups -OCH3 is 1. The van der Waals surface area contributed by atoms with Crippen molar-refractivity contribution in [3.8, 4) is 0 Å². The Hall–Kier alpha value is -0.0800. The maximum atomic E-state index is 5.48. The van der Waals surface area contributed by atoms with Crippen LogP contribution in [0.15, 0.2) is 0 Å². The molecule has 0 radical (unpaired) electrons. The summed E-state index contributed by atoms with van der Waals surface area (Å²) in [4.78, 5) is 0. The van der Waals surface area contributed by atoms with E-state index in [4.69, 9.17) is 4.74 Å². The second-order valence-electron chi connectivity index (χ2n) is 6.10. The second-order valence-corrected chi connectivity index (χ2v) is 6.10. The Morgan fingerprint density at radius 1 is 1.31 bits per heavy atom. The van der Waals surface area contributed by atoms with Crippen molar-refractivity contribution >= 4 is 0 Å². The summed E-state index contributed by atoms with van der Waals surface area (Å²) < 4.78 is 5.48. The predicted octanol–water partition coefficient (Wildman–Crippen LogP) is 3.36. The molecule has 96 valence electrons. The monoisotopic (exact) mass is 227 g/mol. The van der Waals surface area contributed by atoms with Gasteiger partial charge in [0.25, 0.3) is 0 Å². The minimum atomic E-state index is -0.00960. The minimum Gasteiger partial charge on any atom is -0.379 e. The van der Waals surface area contributed by atoms with E-state index >= 15 is 0 Å². The SMILES string of the molecule is COC(C)(C)CC(C)NC1CCCCC1C. The van der Waals surface area contributed by atoms with E-state index in [-0.39, 0.29) is 5.60 Å². The van der Waals surface area contributed by atoms with E-state index in [1.807, 2.05) is 0 Å². The van der Waals surface area contributed by atoms with Crippen LogP contribution >= 0.6 is 0 Å². The number of rotatable bonds is 5. The summed E-state index contributed by atoms with van der Waals surface area (Å²) in [6, 6.07) is 1.26. The summed E-state index contributed by atoms with van der Waals surface area (Å²) >= 11 is 0. The van der Waals surface area contributed by atoms with Crippen molar-refractivity contribution in [2.24, 2.45) is 5.92 Å². The van der Waals surface area contributed by atoms with Gasteiger partial charge in [0.2, 0.25) is 0 Å². The summed E-state index contributed by atoms with van der Waals surface area (Å²) in [5, 5.41) is 3.78. The highest BCUT2D eigenvalue weighted by Crippen LogP contribution is 2.25. The van der Waals surface area contributed by atoms with E-state index in [1.54, 1.807) is 7.11 Å². The highest BCUT2D eigenvalue weighted by atomic mass is 16.5. The van der Waals surface area contributed by atoms with Crippen LogP contribution in [0.2, 0.25) is 0 Å². The zero-order valence-electron chi connectivity index (χ0n) is 11.7. The van der Waals surface area contributed by atoms with E-state index in [0.29, 0.717) is 6.04 Å². The van der Waals surface area contributed by atoms with Gasteiger partial charge in [0.15, 0.2) is 0 Å². The molecule has 0 aliphatic heterocycles. The van der Waals surface area contributed by atoms with Gasteiger partial charge in [-0.2, -0.15) is 0 Å². The average molecular weight is 227 g/mol. The van der Waals surface area contributed by atoms with Gasteiger partial charge in [-0.1, -0.05) is 19.8 Å². The van der Waals surface area contributed by atoms with Gasteiger partial charge in [-0.15, -0.1) is 0 Å². The van der Waals surface area contributed by atoms with Gasteiger partial charge in [-0.3, -0.25) is 0 Å². The first-order chi connectivity index (χ1) is 7.44. The van der Waals surface area contributed by atoms with Crippen LogP contribution in [0.5, 0.6) is 0 Å². The summed E-state index contributed by atoms with van der Waals surface area (Å²) in [5.41, 5.74) is -0.00960. The van der Waals surface area contributed by atoms with E-state index < -0.39 is 0 Å². The fraction of sp³-hybridized carbons (Fsp3) is 1.00. The molecular weight excluding hydrogens is 198 g/mol. The zero-order chi connectivity index (χ0) is 12.2. The van der Waals surface area contributed by atoms with Gasteiger partial charge in [0.1, 0.15) is 0 Å². The van der Waals surface area contributed by atoms with Crippen molar-refractivity contribution in [2.45, 2.75) is 77.5 Å². The first kappa shape index (κ1) is 14.0. The van der Waals surface area contributed by atoms with Gasteiger partial charge in [-0.25, -0.2) is 0 Å². The third kappa shape index (κ3) is 4.42. The molecule has 0 amide bonds. The third-order valence-corrected chi connectivity index (χ3v) is 3.96. The third-order valence-electron chi connectivity index (χ3n) is 3.96. The maximum Gasteiger partial charge on any atom is 0.0637 e. The molecule has 1 aliphatic rings. The van der Waals surface area contributed by atoms with Crippen molar-refractivity contribution in [1.82, 2.24) is 5.32 Å². The van der Waals surface area contributed by atoms with Crippen LogP contribution in [0, 0.1) is 5.92 Å². The van der Waals surface area contributed by atoms with Crippen LogP contribution in [-0.2, 0) is 4.74 Å². The molecule has 16 heavy (non-hydrogen) atoms. The van der Waals surface area contributed by atoms with Gasteiger partial charge in [-0.05, 0) is 46.0 Å². The molecule has 1 rings (SSSR count). The summed E-state index contributed by atoms with van der Waals surface area (Å²) in [6.07, 6.45) is 6.61. The normalized spacial score (nSPS) is 29.1. The smallest absolute Gasteiger partial charge is 0.0637 e. The van der Waals surface area contributed by atoms with Crippen molar-refractivity contribution in [3.63, 3.8) is 0 Å². The Morgan fingerprint density at radius 3 is 2.50 bits per heavy atom. The highest BCUT2D eigenvalue weighted by Gasteiger charge is 2.25. The highest BCUT2D eigenvalue weighted by molar-refractivity contribution is 4.83. The summed E-state index contributed by atoms with van der Waals surface area (Å²) in [7, 11) is 1.80. The van der Waals surface area contributed by atoms with Crippen LogP contribution in [0.4, 0.5) is 0 Å². The fourth-order valence-corrected chi connectivity index (χ4v) is 2.81. The van der Waals surface area contributed by atoms with Crippen molar-refractivity contribution < 1.29 is 4.74 Å². The van der Waals surface area contributed by atoms with Crippen LogP contribution in [0.3, 0.4) is 0 Å². The largest absolute Gasteiger partial charge is 0.379 e. The Bertz CT molecular complexity index is 203. The Morgan fingerprint density at radius 2 is 1.94 bits per heavy atom.